The molecule has 0 bridgehead atoms. The van der Waals surface area contributed by atoms with Crippen molar-refractivity contribution in [2.75, 3.05) is 7.05 Å². The van der Waals surface area contributed by atoms with E-state index < -0.39 is 0 Å². The summed E-state index contributed by atoms with van der Waals surface area (Å²) in [6.07, 6.45) is 0.783. The molecule has 1 aromatic carbocycles. The van der Waals surface area contributed by atoms with Gasteiger partial charge in [-0.15, -0.1) is 11.8 Å². The number of rotatable bonds is 6. The van der Waals surface area contributed by atoms with Crippen LogP contribution in [0, 0.1) is 0 Å². The lowest BCUT2D eigenvalue weighted by molar-refractivity contribution is 0.382. The molecule has 5 heteroatoms. The van der Waals surface area contributed by atoms with E-state index in [2.05, 4.69) is 67.4 Å². The summed E-state index contributed by atoms with van der Waals surface area (Å²) >= 11 is 1.72. The SMILES string of the molecule is CNC(C)Cc1noc(CSc2ccc(C(C)(C)C)cc2)n1. The molecule has 2 aromatic rings. The Kier molecular flexibility index (Phi) is 5.64. The molecule has 1 N–H and O–H groups in total. The largest absolute Gasteiger partial charge is 0.338 e. The summed E-state index contributed by atoms with van der Waals surface area (Å²) in [6, 6.07) is 9.05. The maximum Gasteiger partial charge on any atom is 0.237 e. The van der Waals surface area contributed by atoms with Gasteiger partial charge in [-0.2, -0.15) is 4.98 Å². The smallest absolute Gasteiger partial charge is 0.237 e. The second kappa shape index (κ2) is 7.29. The van der Waals surface area contributed by atoms with E-state index in [0.29, 0.717) is 17.7 Å². The number of nitrogens with zero attached hydrogens (tertiary/aromatic N) is 2. The first-order valence-corrected chi connectivity index (χ1v) is 8.59. The number of thioether (sulfide) groups is 1. The third-order valence-corrected chi connectivity index (χ3v) is 4.57. The highest BCUT2D eigenvalue weighted by atomic mass is 32.2. The molecule has 0 saturated heterocycles. The molecular weight excluding hydrogens is 294 g/mol. The second-order valence-corrected chi connectivity index (χ2v) is 7.61. The zero-order valence-corrected chi connectivity index (χ0v) is 14.8. The highest BCUT2D eigenvalue weighted by Gasteiger charge is 2.13. The highest BCUT2D eigenvalue weighted by molar-refractivity contribution is 7.98. The molecule has 0 fully saturated rings. The summed E-state index contributed by atoms with van der Waals surface area (Å²) in [5.74, 6) is 2.15. The van der Waals surface area contributed by atoms with Gasteiger partial charge in [0.25, 0.3) is 0 Å². The number of nitrogens with one attached hydrogen (secondary N) is 1. The van der Waals surface area contributed by atoms with Crippen LogP contribution in [0.1, 0.15) is 45.0 Å². The molecule has 0 amide bonds. The fourth-order valence-corrected chi connectivity index (χ4v) is 2.74. The van der Waals surface area contributed by atoms with Crippen LogP contribution < -0.4 is 5.32 Å². The van der Waals surface area contributed by atoms with Crippen LogP contribution in [0.15, 0.2) is 33.7 Å². The summed E-state index contributed by atoms with van der Waals surface area (Å²) < 4.78 is 5.30. The van der Waals surface area contributed by atoms with Crippen molar-refractivity contribution in [1.29, 1.82) is 0 Å². The first kappa shape index (κ1) is 17.0. The normalized spacial score (nSPS) is 13.3. The zero-order valence-electron chi connectivity index (χ0n) is 14.0. The van der Waals surface area contributed by atoms with Gasteiger partial charge in [-0.1, -0.05) is 38.1 Å². The Morgan fingerprint density at radius 3 is 2.50 bits per heavy atom. The molecule has 120 valence electrons. The standard InChI is InChI=1S/C17H25N3OS/c1-12(18-5)10-15-19-16(21-20-15)11-22-14-8-6-13(7-9-14)17(2,3)4/h6-9,12,18H,10-11H2,1-5H3. The van der Waals surface area contributed by atoms with Crippen LogP contribution in [0.3, 0.4) is 0 Å². The molecule has 0 spiro atoms. The average Bonchev–Trinajstić information content (AvgIpc) is 2.92. The van der Waals surface area contributed by atoms with Crippen LogP contribution in [-0.2, 0) is 17.6 Å². The predicted octanol–water partition coefficient (Wildman–Crippen LogP) is 3.81. The van der Waals surface area contributed by atoms with Crippen molar-refractivity contribution < 1.29 is 4.52 Å². The molecular formula is C17H25N3OS. The number of likely N-dealkylation sites (N-methyl/N-ethyl adjacent to an activating group) is 1. The van der Waals surface area contributed by atoms with Gasteiger partial charge in [0.2, 0.25) is 5.89 Å². The molecule has 2 rings (SSSR count). The molecule has 1 heterocycles. The molecule has 0 aliphatic carbocycles. The quantitative estimate of drug-likeness (QED) is 0.821. The lowest BCUT2D eigenvalue weighted by Crippen LogP contribution is -2.24. The lowest BCUT2D eigenvalue weighted by Gasteiger charge is -2.18. The second-order valence-electron chi connectivity index (χ2n) is 6.56. The van der Waals surface area contributed by atoms with Crippen LogP contribution in [0.4, 0.5) is 0 Å². The minimum Gasteiger partial charge on any atom is -0.338 e. The average molecular weight is 319 g/mol. The maximum atomic E-state index is 5.30. The Balaban J connectivity index is 1.90. The maximum absolute atomic E-state index is 5.30. The summed E-state index contributed by atoms with van der Waals surface area (Å²) in [7, 11) is 1.93. The minimum absolute atomic E-state index is 0.189. The molecule has 1 atom stereocenters. The molecule has 1 unspecified atom stereocenters. The third kappa shape index (κ3) is 4.85. The fraction of sp³-hybridized carbons (Fsp3) is 0.529. The van der Waals surface area contributed by atoms with Crippen LogP contribution in [-0.4, -0.2) is 23.2 Å². The van der Waals surface area contributed by atoms with Gasteiger partial charge in [-0.05, 0) is 37.1 Å². The lowest BCUT2D eigenvalue weighted by atomic mass is 9.87. The van der Waals surface area contributed by atoms with E-state index in [1.807, 2.05) is 7.05 Å². The van der Waals surface area contributed by atoms with Crippen LogP contribution >= 0.6 is 11.8 Å². The molecule has 0 aliphatic rings. The van der Waals surface area contributed by atoms with Crippen molar-refractivity contribution in [3.05, 3.63) is 41.5 Å². The van der Waals surface area contributed by atoms with Gasteiger partial charge >= 0.3 is 0 Å². The van der Waals surface area contributed by atoms with E-state index in [4.69, 9.17) is 4.52 Å². The van der Waals surface area contributed by atoms with Gasteiger partial charge in [0, 0.05) is 17.4 Å². The van der Waals surface area contributed by atoms with Crippen LogP contribution in [0.5, 0.6) is 0 Å². The van der Waals surface area contributed by atoms with E-state index >= 15 is 0 Å². The van der Waals surface area contributed by atoms with Gasteiger partial charge < -0.3 is 9.84 Å². The summed E-state index contributed by atoms with van der Waals surface area (Å²) in [6.45, 7) is 8.77. The van der Waals surface area contributed by atoms with Gasteiger partial charge in [0.1, 0.15) is 0 Å². The van der Waals surface area contributed by atoms with Crippen molar-refractivity contribution in [3.8, 4) is 0 Å². The Morgan fingerprint density at radius 1 is 1.23 bits per heavy atom. The summed E-state index contributed by atoms with van der Waals surface area (Å²) in [5, 5.41) is 7.19. The predicted molar refractivity (Wildman–Crippen MR) is 91.2 cm³/mol. The van der Waals surface area contributed by atoms with Crippen molar-refractivity contribution in [1.82, 2.24) is 15.5 Å². The molecule has 22 heavy (non-hydrogen) atoms. The number of aromatic nitrogens is 2. The summed E-state index contributed by atoms with van der Waals surface area (Å²) in [5.41, 5.74) is 1.53. The monoisotopic (exact) mass is 319 g/mol. The third-order valence-electron chi connectivity index (χ3n) is 3.57. The Morgan fingerprint density at radius 2 is 1.91 bits per heavy atom. The van der Waals surface area contributed by atoms with Gasteiger partial charge in [0.15, 0.2) is 5.82 Å². The molecule has 1 aromatic heterocycles. The van der Waals surface area contributed by atoms with Gasteiger partial charge in [0.05, 0.1) is 5.75 Å². The van der Waals surface area contributed by atoms with Crippen LogP contribution in [0.25, 0.3) is 0 Å². The Labute approximate surface area is 137 Å². The highest BCUT2D eigenvalue weighted by Crippen LogP contribution is 2.27. The molecule has 0 radical (unpaired) electrons. The Hall–Kier alpha value is -1.33. The summed E-state index contributed by atoms with van der Waals surface area (Å²) in [4.78, 5) is 5.65. The van der Waals surface area contributed by atoms with Gasteiger partial charge in [-0.25, -0.2) is 0 Å². The first-order valence-electron chi connectivity index (χ1n) is 7.60. The van der Waals surface area contributed by atoms with Crippen LogP contribution in [0.2, 0.25) is 0 Å². The molecule has 0 aliphatic heterocycles. The van der Waals surface area contributed by atoms with E-state index in [1.165, 1.54) is 10.5 Å². The van der Waals surface area contributed by atoms with Gasteiger partial charge in [-0.3, -0.25) is 0 Å². The van der Waals surface area contributed by atoms with E-state index in [1.54, 1.807) is 11.8 Å². The Bertz CT molecular complexity index is 587. The fourth-order valence-electron chi connectivity index (χ4n) is 2.00. The minimum atomic E-state index is 0.189. The van der Waals surface area contributed by atoms with Crippen molar-refractivity contribution >= 4 is 11.8 Å². The number of hydrogen-bond acceptors (Lipinski definition) is 5. The topological polar surface area (TPSA) is 51.0 Å². The van der Waals surface area contributed by atoms with E-state index in [0.717, 1.165) is 12.2 Å². The van der Waals surface area contributed by atoms with E-state index in [9.17, 15) is 0 Å². The number of benzene rings is 1. The first-order chi connectivity index (χ1) is 10.4. The zero-order chi connectivity index (χ0) is 16.2. The van der Waals surface area contributed by atoms with E-state index in [-0.39, 0.29) is 5.41 Å². The van der Waals surface area contributed by atoms with Crippen molar-refractivity contribution in [2.45, 2.75) is 56.2 Å². The number of hydrogen-bond donors (Lipinski definition) is 1. The van der Waals surface area contributed by atoms with Crippen molar-refractivity contribution in [3.63, 3.8) is 0 Å². The molecule has 4 nitrogen and oxygen atoms in total. The molecule has 0 saturated carbocycles. The van der Waals surface area contributed by atoms with Crippen molar-refractivity contribution in [2.24, 2.45) is 0 Å².